The molecule has 1 heterocycles. The molecule has 24 heavy (non-hydrogen) atoms. The number of urea groups is 1. The third-order valence-electron chi connectivity index (χ3n) is 4.02. The van der Waals surface area contributed by atoms with Crippen molar-refractivity contribution in [1.82, 2.24) is 9.80 Å². The number of rotatable bonds is 6. The maximum atomic E-state index is 12.6. The molecule has 0 aromatic heterocycles. The van der Waals surface area contributed by atoms with Crippen molar-refractivity contribution in [2.24, 2.45) is 5.16 Å². The van der Waals surface area contributed by atoms with Crippen molar-refractivity contribution in [3.8, 4) is 0 Å². The lowest BCUT2D eigenvalue weighted by Crippen LogP contribution is -2.42. The van der Waals surface area contributed by atoms with E-state index in [1.165, 1.54) is 18.2 Å². The van der Waals surface area contributed by atoms with Gasteiger partial charge in [0.25, 0.3) is 5.91 Å². The molecule has 1 aliphatic heterocycles. The quantitative estimate of drug-likeness (QED) is 0.480. The van der Waals surface area contributed by atoms with Crippen LogP contribution in [0.3, 0.4) is 0 Å². The SMILES string of the molecule is CCON=Cc1ccc(C2(C)C(=O)N(CC(=O)O)C(=O)N2C)cc1. The number of oxime groups is 1. The van der Waals surface area contributed by atoms with Crippen LogP contribution in [0.2, 0.25) is 0 Å². The third-order valence-corrected chi connectivity index (χ3v) is 4.02. The predicted octanol–water partition coefficient (Wildman–Crippen LogP) is 1.25. The van der Waals surface area contributed by atoms with Gasteiger partial charge in [-0.2, -0.15) is 0 Å². The van der Waals surface area contributed by atoms with Gasteiger partial charge in [-0.25, -0.2) is 4.79 Å². The molecule has 1 N–H and O–H groups in total. The Labute approximate surface area is 139 Å². The lowest BCUT2D eigenvalue weighted by molar-refractivity contribution is -0.143. The molecular weight excluding hydrogens is 314 g/mol. The van der Waals surface area contributed by atoms with Gasteiger partial charge in [-0.1, -0.05) is 29.4 Å². The number of benzene rings is 1. The van der Waals surface area contributed by atoms with Gasteiger partial charge in [-0.3, -0.25) is 14.5 Å². The highest BCUT2D eigenvalue weighted by Gasteiger charge is 2.53. The van der Waals surface area contributed by atoms with Crippen LogP contribution in [-0.2, 0) is 20.0 Å². The summed E-state index contributed by atoms with van der Waals surface area (Å²) in [6.45, 7) is 3.23. The Morgan fingerprint density at radius 3 is 2.50 bits per heavy atom. The molecule has 0 radical (unpaired) electrons. The Hall–Kier alpha value is -2.90. The molecule has 8 heteroatoms. The van der Waals surface area contributed by atoms with E-state index >= 15 is 0 Å². The molecule has 0 bridgehead atoms. The first-order valence-corrected chi connectivity index (χ1v) is 7.39. The standard InChI is InChI=1S/C16H19N3O5/c1-4-24-17-9-11-5-7-12(8-6-11)16(2)14(22)19(10-13(20)21)15(23)18(16)3/h5-9H,4,10H2,1-3H3,(H,20,21). The summed E-state index contributed by atoms with van der Waals surface area (Å²) in [6, 6.07) is 6.27. The summed E-state index contributed by atoms with van der Waals surface area (Å²) in [5.41, 5.74) is 0.115. The summed E-state index contributed by atoms with van der Waals surface area (Å²) in [6.07, 6.45) is 1.54. The molecule has 1 aromatic rings. The smallest absolute Gasteiger partial charge is 0.328 e. The number of nitrogens with zero attached hydrogens (tertiary/aromatic N) is 3. The van der Waals surface area contributed by atoms with Gasteiger partial charge in [0, 0.05) is 7.05 Å². The van der Waals surface area contributed by atoms with Crippen LogP contribution in [0.4, 0.5) is 4.79 Å². The van der Waals surface area contributed by atoms with Crippen molar-refractivity contribution in [1.29, 1.82) is 0 Å². The fraction of sp³-hybridized carbons (Fsp3) is 0.375. The van der Waals surface area contributed by atoms with Gasteiger partial charge >= 0.3 is 12.0 Å². The molecule has 0 aliphatic carbocycles. The first-order valence-electron chi connectivity index (χ1n) is 7.39. The lowest BCUT2D eigenvalue weighted by atomic mass is 9.90. The van der Waals surface area contributed by atoms with Gasteiger partial charge in [0.05, 0.1) is 6.21 Å². The molecule has 3 amide bonds. The first kappa shape index (κ1) is 17.5. The predicted molar refractivity (Wildman–Crippen MR) is 85.5 cm³/mol. The molecule has 1 fully saturated rings. The van der Waals surface area contributed by atoms with Crippen LogP contribution < -0.4 is 0 Å². The average Bonchev–Trinajstić information content (AvgIpc) is 2.72. The monoisotopic (exact) mass is 333 g/mol. The summed E-state index contributed by atoms with van der Waals surface area (Å²) in [4.78, 5) is 42.6. The third kappa shape index (κ3) is 2.94. The van der Waals surface area contributed by atoms with Gasteiger partial charge in [0.2, 0.25) is 0 Å². The minimum absolute atomic E-state index is 0.466. The van der Waals surface area contributed by atoms with Crippen LogP contribution in [0, 0.1) is 0 Å². The number of imide groups is 1. The van der Waals surface area contributed by atoms with E-state index in [1.54, 1.807) is 31.2 Å². The molecule has 2 rings (SSSR count). The molecule has 1 unspecified atom stereocenters. The number of likely N-dealkylation sites (N-methyl/N-ethyl adjacent to an activating group) is 1. The number of carboxylic acids is 1. The fourth-order valence-corrected chi connectivity index (χ4v) is 2.52. The number of carbonyl (C=O) groups excluding carboxylic acids is 2. The number of aliphatic carboxylic acids is 1. The summed E-state index contributed by atoms with van der Waals surface area (Å²) in [5, 5.41) is 12.6. The van der Waals surface area contributed by atoms with E-state index in [2.05, 4.69) is 5.16 Å². The summed E-state index contributed by atoms with van der Waals surface area (Å²) in [7, 11) is 1.48. The zero-order valence-corrected chi connectivity index (χ0v) is 13.7. The van der Waals surface area contributed by atoms with Crippen molar-refractivity contribution >= 4 is 24.1 Å². The maximum absolute atomic E-state index is 12.6. The van der Waals surface area contributed by atoms with E-state index in [0.717, 1.165) is 10.5 Å². The van der Waals surface area contributed by atoms with Crippen LogP contribution in [0.25, 0.3) is 0 Å². The Bertz CT molecular complexity index is 685. The Balaban J connectivity index is 2.30. The number of hydrogen-bond donors (Lipinski definition) is 1. The largest absolute Gasteiger partial charge is 0.480 e. The second-order valence-electron chi connectivity index (χ2n) is 5.47. The minimum Gasteiger partial charge on any atom is -0.480 e. The average molecular weight is 333 g/mol. The zero-order chi connectivity index (χ0) is 17.9. The topological polar surface area (TPSA) is 99.5 Å². The van der Waals surface area contributed by atoms with Gasteiger partial charge in [0.1, 0.15) is 18.7 Å². The summed E-state index contributed by atoms with van der Waals surface area (Å²) < 4.78 is 0. The molecular formula is C16H19N3O5. The zero-order valence-electron chi connectivity index (χ0n) is 13.7. The highest BCUT2D eigenvalue weighted by Crippen LogP contribution is 2.35. The Morgan fingerprint density at radius 1 is 1.33 bits per heavy atom. The molecule has 0 spiro atoms. The van der Waals surface area contributed by atoms with Crippen molar-refractivity contribution in [2.75, 3.05) is 20.2 Å². The first-order chi connectivity index (χ1) is 11.3. The van der Waals surface area contributed by atoms with E-state index in [9.17, 15) is 14.4 Å². The van der Waals surface area contributed by atoms with E-state index in [0.29, 0.717) is 12.2 Å². The molecule has 1 aliphatic rings. The van der Waals surface area contributed by atoms with Crippen molar-refractivity contribution in [2.45, 2.75) is 19.4 Å². The number of carbonyl (C=O) groups is 3. The van der Waals surface area contributed by atoms with E-state index < -0.39 is 30.0 Å². The van der Waals surface area contributed by atoms with E-state index in [4.69, 9.17) is 9.94 Å². The van der Waals surface area contributed by atoms with Crippen LogP contribution in [0.5, 0.6) is 0 Å². The second-order valence-corrected chi connectivity index (χ2v) is 5.47. The highest BCUT2D eigenvalue weighted by molar-refractivity contribution is 6.08. The molecule has 1 atom stereocenters. The van der Waals surface area contributed by atoms with Crippen molar-refractivity contribution < 1.29 is 24.3 Å². The van der Waals surface area contributed by atoms with Crippen LogP contribution in [-0.4, -0.2) is 59.2 Å². The second kappa shape index (κ2) is 6.69. The normalized spacial score (nSPS) is 21.0. The van der Waals surface area contributed by atoms with Crippen LogP contribution >= 0.6 is 0 Å². The molecule has 1 saturated heterocycles. The number of amides is 3. The van der Waals surface area contributed by atoms with Gasteiger partial charge in [-0.05, 0) is 25.0 Å². The lowest BCUT2D eigenvalue weighted by Gasteiger charge is -2.29. The summed E-state index contributed by atoms with van der Waals surface area (Å²) in [5.74, 6) is -1.80. The molecule has 8 nitrogen and oxygen atoms in total. The van der Waals surface area contributed by atoms with Gasteiger partial charge in [0.15, 0.2) is 0 Å². The highest BCUT2D eigenvalue weighted by atomic mass is 16.6. The van der Waals surface area contributed by atoms with Gasteiger partial charge in [-0.15, -0.1) is 0 Å². The molecule has 128 valence electrons. The number of carboxylic acid groups (broad SMARTS) is 1. The van der Waals surface area contributed by atoms with E-state index in [1.807, 2.05) is 6.92 Å². The number of hydrogen-bond acceptors (Lipinski definition) is 5. The molecule has 1 aromatic carbocycles. The van der Waals surface area contributed by atoms with Crippen molar-refractivity contribution in [3.05, 3.63) is 35.4 Å². The maximum Gasteiger partial charge on any atom is 0.328 e. The summed E-state index contributed by atoms with van der Waals surface area (Å²) >= 11 is 0. The Kier molecular flexibility index (Phi) is 4.87. The van der Waals surface area contributed by atoms with Crippen molar-refractivity contribution in [3.63, 3.8) is 0 Å². The van der Waals surface area contributed by atoms with Crippen LogP contribution in [0.1, 0.15) is 25.0 Å². The van der Waals surface area contributed by atoms with E-state index in [-0.39, 0.29) is 0 Å². The van der Waals surface area contributed by atoms with Gasteiger partial charge < -0.3 is 14.8 Å². The minimum atomic E-state index is -1.25. The Morgan fingerprint density at radius 2 is 1.96 bits per heavy atom. The van der Waals surface area contributed by atoms with Crippen LogP contribution in [0.15, 0.2) is 29.4 Å². The molecule has 0 saturated carbocycles. The fourth-order valence-electron chi connectivity index (χ4n) is 2.52.